The summed E-state index contributed by atoms with van der Waals surface area (Å²) in [6.07, 6.45) is 1.17. The van der Waals surface area contributed by atoms with Crippen LogP contribution in [0.2, 0.25) is 0 Å². The largest absolute Gasteiger partial charge is 0.383 e. The first-order chi connectivity index (χ1) is 11.8. The van der Waals surface area contributed by atoms with E-state index in [2.05, 4.69) is 19.7 Å². The minimum absolute atomic E-state index is 0.643. The number of hydrogen-bond acceptors (Lipinski definition) is 5. The van der Waals surface area contributed by atoms with Gasteiger partial charge in [0.05, 0.1) is 6.42 Å². The molecule has 3 N–H and O–H groups in total. The number of amides is 4. The van der Waals surface area contributed by atoms with E-state index in [4.69, 9.17) is 0 Å². The molecule has 0 spiro atoms. The van der Waals surface area contributed by atoms with Crippen molar-refractivity contribution in [1.82, 2.24) is 10.6 Å². The minimum atomic E-state index is -1.73. The molecule has 0 heterocycles. The first kappa shape index (κ1) is 21.7. The molecule has 0 aliphatic rings. The molecule has 0 bridgehead atoms. The summed E-state index contributed by atoms with van der Waals surface area (Å²) in [5.41, 5.74) is 1.17. The number of imide groups is 2. The van der Waals surface area contributed by atoms with Crippen LogP contribution in [0, 0.1) is 0 Å². The summed E-state index contributed by atoms with van der Waals surface area (Å²) in [6.45, 7) is 9.85. The Bertz CT molecular complexity index is 653. The van der Waals surface area contributed by atoms with Gasteiger partial charge in [-0.3, -0.25) is 29.8 Å². The fraction of sp³-hybridized carbons (Fsp3) is 0.111. The molecule has 1 aromatic rings. The second kappa shape index (κ2) is 12.1. The van der Waals surface area contributed by atoms with Crippen LogP contribution in [0.1, 0.15) is 12.0 Å². The van der Waals surface area contributed by atoms with Crippen LogP contribution in [0.25, 0.3) is 6.08 Å². The highest BCUT2D eigenvalue weighted by molar-refractivity contribution is 6.05. The molecule has 1 rings (SSSR count). The van der Waals surface area contributed by atoms with E-state index >= 15 is 0 Å². The zero-order chi connectivity index (χ0) is 19.2. The summed E-state index contributed by atoms with van der Waals surface area (Å²) in [5.74, 6) is -3.44. The van der Waals surface area contributed by atoms with Crippen molar-refractivity contribution in [3.05, 3.63) is 67.8 Å². The smallest absolute Gasteiger partial charge is 0.256 e. The molecule has 25 heavy (non-hydrogen) atoms. The highest BCUT2D eigenvalue weighted by Crippen LogP contribution is 1.97. The lowest BCUT2D eigenvalue weighted by Gasteiger charge is -2.08. The molecule has 1 atom stereocenters. The number of aliphatic hydroxyl groups is 1. The molecule has 1 unspecified atom stereocenters. The van der Waals surface area contributed by atoms with Crippen LogP contribution in [0.3, 0.4) is 0 Å². The zero-order valence-corrected chi connectivity index (χ0v) is 13.6. The molecular formula is C18H20N2O5. The van der Waals surface area contributed by atoms with Crippen LogP contribution in [0.4, 0.5) is 0 Å². The summed E-state index contributed by atoms with van der Waals surface area (Å²) in [6, 6.07) is 10.0. The molecule has 1 aromatic carbocycles. The van der Waals surface area contributed by atoms with Gasteiger partial charge in [-0.25, -0.2) is 0 Å². The van der Waals surface area contributed by atoms with Gasteiger partial charge in [0, 0.05) is 0 Å². The first-order valence-electron chi connectivity index (χ1n) is 7.13. The average molecular weight is 344 g/mol. The van der Waals surface area contributed by atoms with Crippen molar-refractivity contribution >= 4 is 29.7 Å². The van der Waals surface area contributed by atoms with E-state index in [1.165, 1.54) is 5.56 Å². The number of rotatable bonds is 6. The average Bonchev–Trinajstić information content (AvgIpc) is 2.62. The van der Waals surface area contributed by atoms with Crippen molar-refractivity contribution in [2.75, 3.05) is 0 Å². The van der Waals surface area contributed by atoms with E-state index < -0.39 is 36.2 Å². The fourth-order valence-corrected chi connectivity index (χ4v) is 1.35. The van der Waals surface area contributed by atoms with Crippen LogP contribution >= 0.6 is 0 Å². The van der Waals surface area contributed by atoms with Crippen LogP contribution in [0.15, 0.2) is 62.2 Å². The lowest BCUT2D eigenvalue weighted by molar-refractivity contribution is -0.139. The second-order valence-corrected chi connectivity index (χ2v) is 4.51. The predicted octanol–water partition coefficient (Wildman–Crippen LogP) is 0.725. The van der Waals surface area contributed by atoms with E-state index in [9.17, 15) is 24.3 Å². The predicted molar refractivity (Wildman–Crippen MR) is 93.9 cm³/mol. The quantitative estimate of drug-likeness (QED) is 0.659. The molecule has 7 nitrogen and oxygen atoms in total. The SMILES string of the molecule is C=CC(=O)NC(=O)CC(O)C(=O)NC(=O)C=C.C=Cc1ccccc1. The lowest BCUT2D eigenvalue weighted by atomic mass is 10.2. The van der Waals surface area contributed by atoms with Crippen LogP contribution in [-0.4, -0.2) is 34.8 Å². The van der Waals surface area contributed by atoms with Gasteiger partial charge in [-0.2, -0.15) is 0 Å². The third kappa shape index (κ3) is 10.1. The molecule has 0 saturated heterocycles. The van der Waals surface area contributed by atoms with Gasteiger partial charge < -0.3 is 5.11 Å². The molecule has 0 aliphatic heterocycles. The highest BCUT2D eigenvalue weighted by atomic mass is 16.3. The Morgan fingerprint density at radius 3 is 1.92 bits per heavy atom. The van der Waals surface area contributed by atoms with Crippen molar-refractivity contribution in [2.24, 2.45) is 0 Å². The summed E-state index contributed by atoms with van der Waals surface area (Å²) in [7, 11) is 0. The van der Waals surface area contributed by atoms with E-state index in [0.717, 1.165) is 12.2 Å². The van der Waals surface area contributed by atoms with Crippen molar-refractivity contribution in [3.63, 3.8) is 0 Å². The van der Waals surface area contributed by atoms with Gasteiger partial charge in [-0.05, 0) is 17.7 Å². The molecule has 0 aromatic heterocycles. The molecule has 0 saturated carbocycles. The van der Waals surface area contributed by atoms with Crippen molar-refractivity contribution < 1.29 is 24.3 Å². The van der Waals surface area contributed by atoms with Crippen molar-refractivity contribution in [3.8, 4) is 0 Å². The zero-order valence-electron chi connectivity index (χ0n) is 13.6. The Kier molecular flexibility index (Phi) is 10.5. The maximum Gasteiger partial charge on any atom is 0.256 e. The van der Waals surface area contributed by atoms with Crippen LogP contribution in [0.5, 0.6) is 0 Å². The van der Waals surface area contributed by atoms with Crippen molar-refractivity contribution in [1.29, 1.82) is 0 Å². The monoisotopic (exact) mass is 344 g/mol. The third-order valence-electron chi connectivity index (χ3n) is 2.60. The number of benzene rings is 1. The Morgan fingerprint density at radius 2 is 1.48 bits per heavy atom. The maximum absolute atomic E-state index is 11.1. The normalized spacial score (nSPS) is 10.1. The summed E-state index contributed by atoms with van der Waals surface area (Å²) < 4.78 is 0. The van der Waals surface area contributed by atoms with Gasteiger partial charge in [-0.1, -0.05) is 56.1 Å². The van der Waals surface area contributed by atoms with Gasteiger partial charge in [0.25, 0.3) is 5.91 Å². The Balaban J connectivity index is 0.000000593. The fourth-order valence-electron chi connectivity index (χ4n) is 1.35. The number of carbonyl (C=O) groups excluding carboxylic acids is 4. The Morgan fingerprint density at radius 1 is 0.960 bits per heavy atom. The van der Waals surface area contributed by atoms with Crippen molar-refractivity contribution in [2.45, 2.75) is 12.5 Å². The summed E-state index contributed by atoms with van der Waals surface area (Å²) >= 11 is 0. The van der Waals surface area contributed by atoms with E-state index in [1.54, 1.807) is 5.32 Å². The molecule has 0 radical (unpaired) electrons. The summed E-state index contributed by atoms with van der Waals surface area (Å²) in [5, 5.41) is 12.8. The van der Waals surface area contributed by atoms with Crippen LogP contribution < -0.4 is 10.6 Å². The van der Waals surface area contributed by atoms with E-state index in [1.807, 2.05) is 41.7 Å². The molecule has 0 aliphatic carbocycles. The topological polar surface area (TPSA) is 113 Å². The number of nitrogens with one attached hydrogen (secondary N) is 2. The molecule has 4 amide bonds. The number of hydrogen-bond donors (Lipinski definition) is 3. The molecule has 0 fully saturated rings. The lowest BCUT2D eigenvalue weighted by Crippen LogP contribution is -2.41. The van der Waals surface area contributed by atoms with Gasteiger partial charge in [0.15, 0.2) is 0 Å². The Labute approximate surface area is 145 Å². The van der Waals surface area contributed by atoms with Gasteiger partial charge in [0.1, 0.15) is 6.10 Å². The highest BCUT2D eigenvalue weighted by Gasteiger charge is 2.20. The molecule has 7 heteroatoms. The second-order valence-electron chi connectivity index (χ2n) is 4.51. The number of aliphatic hydroxyl groups excluding tert-OH is 1. The molecule has 132 valence electrons. The van der Waals surface area contributed by atoms with E-state index in [-0.39, 0.29) is 0 Å². The van der Waals surface area contributed by atoms with Gasteiger partial charge in [0.2, 0.25) is 17.7 Å². The first-order valence-corrected chi connectivity index (χ1v) is 7.13. The van der Waals surface area contributed by atoms with E-state index in [0.29, 0.717) is 0 Å². The summed E-state index contributed by atoms with van der Waals surface area (Å²) in [4.78, 5) is 43.6. The van der Waals surface area contributed by atoms with Crippen LogP contribution in [-0.2, 0) is 19.2 Å². The third-order valence-corrected chi connectivity index (χ3v) is 2.60. The maximum atomic E-state index is 11.1. The number of carbonyl (C=O) groups is 4. The minimum Gasteiger partial charge on any atom is -0.383 e. The van der Waals surface area contributed by atoms with Gasteiger partial charge in [-0.15, -0.1) is 0 Å². The molecular weight excluding hydrogens is 324 g/mol. The van der Waals surface area contributed by atoms with Gasteiger partial charge >= 0.3 is 0 Å². The standard InChI is InChI=1S/C10H12N2O5.C8H8/c1-3-7(14)11-9(16)5-6(13)10(17)12-8(15)4-2;1-2-8-6-4-3-5-7-8/h3-4,6,13H,1-2,5H2,(H,11,14,16)(H,12,15,17);2-7H,1H2. The Hall–Kier alpha value is -3.32.